The summed E-state index contributed by atoms with van der Waals surface area (Å²) in [4.78, 5) is 12.9. The second-order valence-corrected chi connectivity index (χ2v) is 9.63. The summed E-state index contributed by atoms with van der Waals surface area (Å²) in [6, 6.07) is 12.1. The van der Waals surface area contributed by atoms with Gasteiger partial charge >= 0.3 is 0 Å². The number of carbonyl (C=O) groups is 1. The van der Waals surface area contributed by atoms with Gasteiger partial charge in [-0.1, -0.05) is 11.6 Å². The summed E-state index contributed by atoms with van der Waals surface area (Å²) in [5.74, 6) is 1.32. The zero-order valence-corrected chi connectivity index (χ0v) is 17.5. The Morgan fingerprint density at radius 3 is 2.45 bits per heavy atom. The Balaban J connectivity index is 1.49. The van der Waals surface area contributed by atoms with E-state index in [1.807, 2.05) is 32.0 Å². The lowest BCUT2D eigenvalue weighted by Gasteiger charge is -2.43. The molecule has 7 heteroatoms. The number of piperidine rings is 1. The van der Waals surface area contributed by atoms with Gasteiger partial charge in [-0.15, -0.1) is 0 Å². The standard InChI is InChI=1S/C22H25NO5S/c1-3-27-17-5-7-18(8-6-17)29(25,26)23-12-10-22(11-13-23)15-20(24)19-14-16(2)4-9-21(19)28-22/h4-9,14H,3,10-13,15H2,1-2H3. The molecule has 2 aromatic carbocycles. The molecule has 2 aliphatic heterocycles. The molecule has 0 radical (unpaired) electrons. The predicted octanol–water partition coefficient (Wildman–Crippen LogP) is 3.58. The van der Waals surface area contributed by atoms with Crippen LogP contribution in [-0.4, -0.2) is 43.8 Å². The number of carbonyl (C=O) groups excluding carboxylic acids is 1. The highest BCUT2D eigenvalue weighted by atomic mass is 32.2. The molecule has 2 aromatic rings. The first kappa shape index (κ1) is 19.9. The average Bonchev–Trinajstić information content (AvgIpc) is 2.70. The summed E-state index contributed by atoms with van der Waals surface area (Å²) in [6.45, 7) is 5.00. The molecule has 0 saturated carbocycles. The molecule has 2 aliphatic rings. The van der Waals surface area contributed by atoms with Crippen molar-refractivity contribution in [2.24, 2.45) is 0 Å². The largest absolute Gasteiger partial charge is 0.494 e. The Hall–Kier alpha value is -2.38. The first-order valence-corrected chi connectivity index (χ1v) is 11.3. The van der Waals surface area contributed by atoms with Gasteiger partial charge < -0.3 is 9.47 Å². The van der Waals surface area contributed by atoms with Gasteiger partial charge in [-0.2, -0.15) is 4.31 Å². The van der Waals surface area contributed by atoms with Crippen molar-refractivity contribution >= 4 is 15.8 Å². The Labute approximate surface area is 171 Å². The Morgan fingerprint density at radius 2 is 1.79 bits per heavy atom. The minimum absolute atomic E-state index is 0.0674. The summed E-state index contributed by atoms with van der Waals surface area (Å²) in [5.41, 5.74) is 1.03. The number of benzene rings is 2. The van der Waals surface area contributed by atoms with E-state index in [2.05, 4.69) is 0 Å². The zero-order chi connectivity index (χ0) is 20.6. The van der Waals surface area contributed by atoms with E-state index < -0.39 is 15.6 Å². The molecule has 0 unspecified atom stereocenters. The third-order valence-corrected chi connectivity index (χ3v) is 7.56. The first-order chi connectivity index (χ1) is 13.8. The van der Waals surface area contributed by atoms with Crippen molar-refractivity contribution in [2.45, 2.75) is 43.6 Å². The van der Waals surface area contributed by atoms with Crippen LogP contribution in [-0.2, 0) is 10.0 Å². The molecular weight excluding hydrogens is 390 g/mol. The smallest absolute Gasteiger partial charge is 0.243 e. The van der Waals surface area contributed by atoms with Crippen LogP contribution in [0, 0.1) is 6.92 Å². The van der Waals surface area contributed by atoms with Gasteiger partial charge in [0, 0.05) is 25.9 Å². The molecule has 2 heterocycles. The summed E-state index contributed by atoms with van der Waals surface area (Å²) >= 11 is 0. The van der Waals surface area contributed by atoms with Crippen molar-refractivity contribution in [1.29, 1.82) is 0 Å². The lowest BCUT2D eigenvalue weighted by molar-refractivity contribution is 0.00589. The molecule has 1 fully saturated rings. The van der Waals surface area contributed by atoms with E-state index in [-0.39, 0.29) is 10.7 Å². The van der Waals surface area contributed by atoms with Gasteiger partial charge in [0.1, 0.15) is 17.1 Å². The van der Waals surface area contributed by atoms with Crippen LogP contribution in [0.4, 0.5) is 0 Å². The van der Waals surface area contributed by atoms with E-state index in [0.717, 1.165) is 5.56 Å². The lowest BCUT2D eigenvalue weighted by Crippen LogP contribution is -2.52. The van der Waals surface area contributed by atoms with Crippen LogP contribution in [0.5, 0.6) is 11.5 Å². The van der Waals surface area contributed by atoms with Gasteiger partial charge in [-0.3, -0.25) is 4.79 Å². The molecule has 0 bridgehead atoms. The van der Waals surface area contributed by atoms with Crippen LogP contribution < -0.4 is 9.47 Å². The highest BCUT2D eigenvalue weighted by molar-refractivity contribution is 7.89. The molecular formula is C22H25NO5S. The number of sulfonamides is 1. The van der Waals surface area contributed by atoms with Crippen LogP contribution in [0.2, 0.25) is 0 Å². The molecule has 0 aromatic heterocycles. The van der Waals surface area contributed by atoms with Crippen LogP contribution in [0.25, 0.3) is 0 Å². The van der Waals surface area contributed by atoms with Crippen molar-refractivity contribution in [2.75, 3.05) is 19.7 Å². The fourth-order valence-electron chi connectivity index (χ4n) is 4.04. The maximum atomic E-state index is 13.0. The van der Waals surface area contributed by atoms with E-state index in [1.54, 1.807) is 24.3 Å². The van der Waals surface area contributed by atoms with Gasteiger partial charge in [0.05, 0.1) is 23.5 Å². The molecule has 0 aliphatic carbocycles. The Kier molecular flexibility index (Phi) is 5.12. The summed E-state index contributed by atoms with van der Waals surface area (Å²) in [6.07, 6.45) is 1.27. The van der Waals surface area contributed by atoms with Gasteiger partial charge in [-0.25, -0.2) is 8.42 Å². The molecule has 154 valence electrons. The van der Waals surface area contributed by atoms with E-state index >= 15 is 0 Å². The third kappa shape index (κ3) is 3.76. The Bertz CT molecular complexity index is 1020. The van der Waals surface area contributed by atoms with Crippen molar-refractivity contribution in [3.8, 4) is 11.5 Å². The SMILES string of the molecule is CCOc1ccc(S(=O)(=O)N2CCC3(CC2)CC(=O)c2cc(C)ccc2O3)cc1. The predicted molar refractivity (Wildman–Crippen MR) is 109 cm³/mol. The average molecular weight is 416 g/mol. The topological polar surface area (TPSA) is 72.9 Å². The number of ketones is 1. The van der Waals surface area contributed by atoms with Crippen molar-refractivity contribution in [3.05, 3.63) is 53.6 Å². The van der Waals surface area contributed by atoms with Crippen LogP contribution in [0.15, 0.2) is 47.4 Å². The number of hydrogen-bond acceptors (Lipinski definition) is 5. The number of Topliss-reactive ketones (excluding diaryl/α,β-unsaturated/α-hetero) is 1. The maximum Gasteiger partial charge on any atom is 0.243 e. The minimum atomic E-state index is -3.59. The zero-order valence-electron chi connectivity index (χ0n) is 16.7. The number of rotatable bonds is 4. The number of hydrogen-bond donors (Lipinski definition) is 0. The number of ether oxygens (including phenoxy) is 2. The fourth-order valence-corrected chi connectivity index (χ4v) is 5.49. The van der Waals surface area contributed by atoms with Gasteiger partial charge in [0.2, 0.25) is 10.0 Å². The molecule has 1 spiro atoms. The lowest BCUT2D eigenvalue weighted by atomic mass is 9.83. The molecule has 1 saturated heterocycles. The number of nitrogens with zero attached hydrogens (tertiary/aromatic N) is 1. The summed E-state index contributed by atoms with van der Waals surface area (Å²) in [5, 5.41) is 0. The summed E-state index contributed by atoms with van der Waals surface area (Å²) in [7, 11) is -3.59. The van der Waals surface area contributed by atoms with Crippen molar-refractivity contribution in [1.82, 2.24) is 4.31 Å². The van der Waals surface area contributed by atoms with Crippen LogP contribution in [0.1, 0.15) is 42.1 Å². The second-order valence-electron chi connectivity index (χ2n) is 7.69. The second kappa shape index (κ2) is 7.46. The quantitative estimate of drug-likeness (QED) is 0.763. The van der Waals surface area contributed by atoms with Crippen molar-refractivity contribution in [3.63, 3.8) is 0 Å². The molecule has 0 N–H and O–H groups in total. The van der Waals surface area contributed by atoms with E-state index in [0.29, 0.717) is 56.0 Å². The van der Waals surface area contributed by atoms with Crippen LogP contribution >= 0.6 is 0 Å². The van der Waals surface area contributed by atoms with Gasteiger partial charge in [0.15, 0.2) is 5.78 Å². The van der Waals surface area contributed by atoms with E-state index in [4.69, 9.17) is 9.47 Å². The number of aryl methyl sites for hydroxylation is 1. The molecule has 6 nitrogen and oxygen atoms in total. The maximum absolute atomic E-state index is 13.0. The highest BCUT2D eigenvalue weighted by Crippen LogP contribution is 2.40. The highest BCUT2D eigenvalue weighted by Gasteiger charge is 2.45. The fraction of sp³-hybridized carbons (Fsp3) is 0.409. The summed E-state index contributed by atoms with van der Waals surface area (Å²) < 4.78 is 39.1. The molecule has 29 heavy (non-hydrogen) atoms. The van der Waals surface area contributed by atoms with Gasteiger partial charge in [0.25, 0.3) is 0 Å². The van der Waals surface area contributed by atoms with Gasteiger partial charge in [-0.05, 0) is 50.2 Å². The van der Waals surface area contributed by atoms with Crippen molar-refractivity contribution < 1.29 is 22.7 Å². The van der Waals surface area contributed by atoms with E-state index in [1.165, 1.54) is 4.31 Å². The number of fused-ring (bicyclic) bond motifs is 1. The first-order valence-electron chi connectivity index (χ1n) is 9.89. The molecule has 4 rings (SSSR count). The third-order valence-electron chi connectivity index (χ3n) is 5.65. The minimum Gasteiger partial charge on any atom is -0.494 e. The Morgan fingerprint density at radius 1 is 1.10 bits per heavy atom. The molecule has 0 atom stereocenters. The van der Waals surface area contributed by atoms with Crippen LogP contribution in [0.3, 0.4) is 0 Å². The normalized spacial score (nSPS) is 18.9. The monoisotopic (exact) mass is 415 g/mol. The van der Waals surface area contributed by atoms with E-state index in [9.17, 15) is 13.2 Å². The molecule has 0 amide bonds.